The molecule has 3 nitrogen and oxygen atoms in total. The number of carboxylic acid groups (broad SMARTS) is 1. The van der Waals surface area contributed by atoms with Gasteiger partial charge in [0, 0.05) is 29.6 Å². The van der Waals surface area contributed by atoms with Crippen molar-refractivity contribution in [2.45, 2.75) is 25.9 Å². The highest BCUT2D eigenvalue weighted by Crippen LogP contribution is 2.33. The molecule has 0 amide bonds. The maximum absolute atomic E-state index is 14.0. The van der Waals surface area contributed by atoms with Gasteiger partial charge in [-0.3, -0.25) is 4.90 Å². The Hall–Kier alpha value is -1.72. The van der Waals surface area contributed by atoms with Crippen LogP contribution in [0.3, 0.4) is 0 Å². The number of hydrogen-bond donors (Lipinski definition) is 1. The van der Waals surface area contributed by atoms with Crippen LogP contribution in [-0.4, -0.2) is 22.5 Å². The standard InChI is InChI=1S/C16H16FNO2S/c1-10-13-5-7-21-15(13)4-6-18(10)9-12-3-2-11(16(19)20)8-14(12)17/h2-3,5,7-8,10H,4,6,9H2,1H3,(H,19,20). The number of carboxylic acids is 1. The van der Waals surface area contributed by atoms with Gasteiger partial charge in [-0.05, 0) is 42.5 Å². The molecule has 0 fully saturated rings. The number of benzene rings is 1. The normalized spacial score (nSPS) is 18.5. The minimum atomic E-state index is -1.10. The second-order valence-electron chi connectivity index (χ2n) is 5.31. The molecule has 1 N–H and O–H groups in total. The summed E-state index contributed by atoms with van der Waals surface area (Å²) < 4.78 is 14.0. The van der Waals surface area contributed by atoms with Gasteiger partial charge in [-0.15, -0.1) is 11.3 Å². The van der Waals surface area contributed by atoms with E-state index in [1.807, 2.05) is 0 Å². The fourth-order valence-corrected chi connectivity index (χ4v) is 3.77. The van der Waals surface area contributed by atoms with Crippen LogP contribution in [-0.2, 0) is 13.0 Å². The topological polar surface area (TPSA) is 40.5 Å². The molecule has 0 aliphatic carbocycles. The van der Waals surface area contributed by atoms with Gasteiger partial charge in [0.2, 0.25) is 0 Å². The molecule has 0 spiro atoms. The van der Waals surface area contributed by atoms with Crippen molar-refractivity contribution in [1.82, 2.24) is 4.90 Å². The number of fused-ring (bicyclic) bond motifs is 1. The molecule has 0 saturated carbocycles. The van der Waals surface area contributed by atoms with E-state index in [1.165, 1.54) is 16.5 Å². The van der Waals surface area contributed by atoms with Gasteiger partial charge in [0.15, 0.2) is 0 Å². The van der Waals surface area contributed by atoms with Crippen LogP contribution in [0.25, 0.3) is 0 Å². The van der Waals surface area contributed by atoms with Crippen molar-refractivity contribution in [2.75, 3.05) is 6.54 Å². The second kappa shape index (κ2) is 5.58. The summed E-state index contributed by atoms with van der Waals surface area (Å²) in [5.74, 6) is -1.55. The molecular formula is C16H16FNO2S. The largest absolute Gasteiger partial charge is 0.478 e. The van der Waals surface area contributed by atoms with Gasteiger partial charge >= 0.3 is 5.97 Å². The van der Waals surface area contributed by atoms with E-state index in [4.69, 9.17) is 5.11 Å². The Morgan fingerprint density at radius 2 is 2.29 bits per heavy atom. The van der Waals surface area contributed by atoms with Crippen molar-refractivity contribution < 1.29 is 14.3 Å². The minimum Gasteiger partial charge on any atom is -0.478 e. The van der Waals surface area contributed by atoms with Crippen molar-refractivity contribution in [3.63, 3.8) is 0 Å². The van der Waals surface area contributed by atoms with Gasteiger partial charge in [0.1, 0.15) is 5.82 Å². The van der Waals surface area contributed by atoms with Gasteiger partial charge in [-0.2, -0.15) is 0 Å². The Labute approximate surface area is 126 Å². The number of thiophene rings is 1. The fourth-order valence-electron chi connectivity index (χ4n) is 2.80. The maximum Gasteiger partial charge on any atom is 0.335 e. The van der Waals surface area contributed by atoms with Gasteiger partial charge in [0.05, 0.1) is 5.56 Å². The molecule has 2 aromatic rings. The van der Waals surface area contributed by atoms with Crippen LogP contribution in [0.5, 0.6) is 0 Å². The van der Waals surface area contributed by atoms with Gasteiger partial charge in [-0.25, -0.2) is 9.18 Å². The highest BCUT2D eigenvalue weighted by molar-refractivity contribution is 7.10. The van der Waals surface area contributed by atoms with Crippen LogP contribution >= 0.6 is 11.3 Å². The molecule has 1 unspecified atom stereocenters. The summed E-state index contributed by atoms with van der Waals surface area (Å²) in [4.78, 5) is 14.5. The van der Waals surface area contributed by atoms with E-state index in [9.17, 15) is 9.18 Å². The minimum absolute atomic E-state index is 0.0111. The quantitative estimate of drug-likeness (QED) is 0.940. The molecule has 0 saturated heterocycles. The van der Waals surface area contributed by atoms with E-state index in [1.54, 1.807) is 17.4 Å². The van der Waals surface area contributed by atoms with E-state index < -0.39 is 11.8 Å². The summed E-state index contributed by atoms with van der Waals surface area (Å²) in [5, 5.41) is 11.0. The molecule has 0 radical (unpaired) electrons. The van der Waals surface area contributed by atoms with Crippen LogP contribution in [0.15, 0.2) is 29.6 Å². The molecule has 1 atom stereocenters. The zero-order valence-electron chi connectivity index (χ0n) is 11.7. The molecule has 1 aliphatic rings. The van der Waals surface area contributed by atoms with E-state index in [2.05, 4.69) is 23.3 Å². The third-order valence-corrected chi connectivity index (χ3v) is 5.07. The Balaban J connectivity index is 1.80. The summed E-state index contributed by atoms with van der Waals surface area (Å²) in [5.41, 5.74) is 1.86. The monoisotopic (exact) mass is 305 g/mol. The molecule has 1 aromatic heterocycles. The lowest BCUT2D eigenvalue weighted by molar-refractivity contribution is 0.0696. The van der Waals surface area contributed by atoms with E-state index in [0.717, 1.165) is 19.0 Å². The molecule has 5 heteroatoms. The predicted octanol–water partition coefficient (Wildman–Crippen LogP) is 3.70. The van der Waals surface area contributed by atoms with Crippen molar-refractivity contribution in [1.29, 1.82) is 0 Å². The molecule has 2 heterocycles. The third kappa shape index (κ3) is 2.71. The first-order valence-electron chi connectivity index (χ1n) is 6.88. The molecule has 1 aliphatic heterocycles. The van der Waals surface area contributed by atoms with Crippen molar-refractivity contribution in [2.24, 2.45) is 0 Å². The zero-order chi connectivity index (χ0) is 15.0. The van der Waals surface area contributed by atoms with Gasteiger partial charge < -0.3 is 5.11 Å². The van der Waals surface area contributed by atoms with Crippen LogP contribution < -0.4 is 0 Å². The van der Waals surface area contributed by atoms with Crippen LogP contribution in [0.4, 0.5) is 4.39 Å². The first-order valence-corrected chi connectivity index (χ1v) is 7.76. The fraction of sp³-hybridized carbons (Fsp3) is 0.312. The van der Waals surface area contributed by atoms with Crippen LogP contribution in [0.1, 0.15) is 39.3 Å². The van der Waals surface area contributed by atoms with Crippen molar-refractivity contribution in [3.8, 4) is 0 Å². The van der Waals surface area contributed by atoms with Crippen molar-refractivity contribution >= 4 is 17.3 Å². The van der Waals surface area contributed by atoms with Crippen LogP contribution in [0, 0.1) is 5.82 Å². The molecule has 1 aromatic carbocycles. The number of aromatic carboxylic acids is 1. The second-order valence-corrected chi connectivity index (χ2v) is 6.31. The Kier molecular flexibility index (Phi) is 3.78. The number of hydrogen-bond acceptors (Lipinski definition) is 3. The molecule has 21 heavy (non-hydrogen) atoms. The Morgan fingerprint density at radius 1 is 1.48 bits per heavy atom. The summed E-state index contributed by atoms with van der Waals surface area (Å²) in [6.45, 7) is 3.53. The third-order valence-electron chi connectivity index (χ3n) is 4.08. The highest BCUT2D eigenvalue weighted by Gasteiger charge is 2.25. The van der Waals surface area contributed by atoms with E-state index in [0.29, 0.717) is 12.1 Å². The lowest BCUT2D eigenvalue weighted by atomic mass is 10.0. The summed E-state index contributed by atoms with van der Waals surface area (Å²) in [6.07, 6.45) is 0.992. The predicted molar refractivity (Wildman–Crippen MR) is 80.2 cm³/mol. The molecule has 110 valence electrons. The smallest absolute Gasteiger partial charge is 0.335 e. The molecule has 3 rings (SSSR count). The van der Waals surface area contributed by atoms with Crippen LogP contribution in [0.2, 0.25) is 0 Å². The number of halogens is 1. The lowest BCUT2D eigenvalue weighted by Gasteiger charge is -2.33. The van der Waals surface area contributed by atoms with E-state index in [-0.39, 0.29) is 11.6 Å². The first-order chi connectivity index (χ1) is 10.1. The average Bonchev–Trinajstić information content (AvgIpc) is 2.93. The number of carbonyl (C=O) groups is 1. The number of rotatable bonds is 3. The van der Waals surface area contributed by atoms with Gasteiger partial charge in [-0.1, -0.05) is 6.07 Å². The summed E-state index contributed by atoms with van der Waals surface area (Å²) >= 11 is 1.78. The SMILES string of the molecule is CC1c2ccsc2CCN1Cc1ccc(C(=O)O)cc1F. The Bertz CT molecular complexity index is 683. The van der Waals surface area contributed by atoms with E-state index >= 15 is 0 Å². The van der Waals surface area contributed by atoms with Crippen molar-refractivity contribution in [3.05, 3.63) is 57.0 Å². The zero-order valence-corrected chi connectivity index (χ0v) is 12.5. The highest BCUT2D eigenvalue weighted by atomic mass is 32.1. The average molecular weight is 305 g/mol. The van der Waals surface area contributed by atoms with Gasteiger partial charge in [0.25, 0.3) is 0 Å². The maximum atomic E-state index is 14.0. The number of nitrogens with zero attached hydrogens (tertiary/aromatic N) is 1. The summed E-state index contributed by atoms with van der Waals surface area (Å²) in [7, 11) is 0. The molecule has 0 bridgehead atoms. The lowest BCUT2D eigenvalue weighted by Crippen LogP contribution is -2.32. The first kappa shape index (κ1) is 14.2. The molecular weight excluding hydrogens is 289 g/mol. The Morgan fingerprint density at radius 3 is 3.00 bits per heavy atom. The summed E-state index contributed by atoms with van der Waals surface area (Å²) in [6, 6.07) is 6.54.